The van der Waals surface area contributed by atoms with E-state index in [1.807, 2.05) is 6.92 Å². The maximum Gasteiger partial charge on any atom is 0.337 e. The van der Waals surface area contributed by atoms with Crippen LogP contribution in [0.1, 0.15) is 23.7 Å². The van der Waals surface area contributed by atoms with Gasteiger partial charge in [0.2, 0.25) is 0 Å². The number of nitrogens with zero attached hydrogens (tertiary/aromatic N) is 1. The maximum absolute atomic E-state index is 10.7. The highest BCUT2D eigenvalue weighted by atomic mass is 16.5. The lowest BCUT2D eigenvalue weighted by molar-refractivity contribution is -0.0176. The molecule has 1 fully saturated rings. The summed E-state index contributed by atoms with van der Waals surface area (Å²) in [4.78, 5) is 14.6. The molecule has 1 aliphatic rings. The molecule has 6 heteroatoms. The standard InChI is InChI=1S/C12H16N2O4/c1-8-12(17,4-5-18-8)7-14-10-3-2-9(6-13-10)11(15)16/h2-3,6,8,17H,4-5,7H2,1H3,(H,13,14)(H,15,16). The molecule has 98 valence electrons. The molecule has 1 aromatic heterocycles. The van der Waals surface area contributed by atoms with Gasteiger partial charge in [-0.3, -0.25) is 0 Å². The van der Waals surface area contributed by atoms with Crippen molar-refractivity contribution in [2.24, 2.45) is 0 Å². The molecule has 0 spiro atoms. The Balaban J connectivity index is 1.96. The monoisotopic (exact) mass is 252 g/mol. The quantitative estimate of drug-likeness (QED) is 0.731. The molecule has 2 atom stereocenters. The highest BCUT2D eigenvalue weighted by molar-refractivity contribution is 5.87. The highest BCUT2D eigenvalue weighted by Gasteiger charge is 2.39. The predicted octanol–water partition coefficient (Wildman–Crippen LogP) is 0.732. The van der Waals surface area contributed by atoms with Gasteiger partial charge in [-0.1, -0.05) is 0 Å². The van der Waals surface area contributed by atoms with Crippen LogP contribution in [-0.4, -0.2) is 46.0 Å². The summed E-state index contributed by atoms with van der Waals surface area (Å²) in [6.45, 7) is 2.70. The summed E-state index contributed by atoms with van der Waals surface area (Å²) in [5.41, 5.74) is -0.760. The lowest BCUT2D eigenvalue weighted by Crippen LogP contribution is -2.43. The van der Waals surface area contributed by atoms with Gasteiger partial charge in [-0.05, 0) is 19.1 Å². The molecule has 3 N–H and O–H groups in total. The number of carboxylic acids is 1. The summed E-state index contributed by atoms with van der Waals surface area (Å²) in [6.07, 6.45) is 1.64. The molecule has 2 unspecified atom stereocenters. The number of carbonyl (C=O) groups is 1. The van der Waals surface area contributed by atoms with Crippen LogP contribution in [0.3, 0.4) is 0 Å². The Morgan fingerprint density at radius 3 is 2.94 bits per heavy atom. The molecule has 2 heterocycles. The SMILES string of the molecule is CC1OCCC1(O)CNc1ccc(C(=O)O)cn1. The van der Waals surface area contributed by atoms with E-state index in [4.69, 9.17) is 9.84 Å². The van der Waals surface area contributed by atoms with Crippen molar-refractivity contribution in [2.75, 3.05) is 18.5 Å². The van der Waals surface area contributed by atoms with Crippen molar-refractivity contribution < 1.29 is 19.7 Å². The molecule has 6 nitrogen and oxygen atoms in total. The second-order valence-corrected chi connectivity index (χ2v) is 4.46. The molecule has 0 bridgehead atoms. The summed E-state index contributed by atoms with van der Waals surface area (Å²) < 4.78 is 5.32. The van der Waals surface area contributed by atoms with E-state index in [2.05, 4.69) is 10.3 Å². The minimum absolute atomic E-state index is 0.136. The number of hydrogen-bond acceptors (Lipinski definition) is 5. The topological polar surface area (TPSA) is 91.7 Å². The number of nitrogens with one attached hydrogen (secondary N) is 1. The van der Waals surface area contributed by atoms with E-state index in [1.165, 1.54) is 12.3 Å². The van der Waals surface area contributed by atoms with Crippen LogP contribution in [0.5, 0.6) is 0 Å². The Hall–Kier alpha value is -1.66. The zero-order valence-corrected chi connectivity index (χ0v) is 10.1. The van der Waals surface area contributed by atoms with Crippen LogP contribution in [0.15, 0.2) is 18.3 Å². The minimum Gasteiger partial charge on any atom is -0.478 e. The zero-order chi connectivity index (χ0) is 13.2. The van der Waals surface area contributed by atoms with Crippen molar-refractivity contribution in [3.05, 3.63) is 23.9 Å². The Labute approximate surface area is 105 Å². The van der Waals surface area contributed by atoms with E-state index in [0.29, 0.717) is 25.4 Å². The van der Waals surface area contributed by atoms with E-state index in [9.17, 15) is 9.90 Å². The van der Waals surface area contributed by atoms with Crippen LogP contribution in [0, 0.1) is 0 Å². The fraction of sp³-hybridized carbons (Fsp3) is 0.500. The van der Waals surface area contributed by atoms with Gasteiger partial charge in [0.15, 0.2) is 0 Å². The summed E-state index contributed by atoms with van der Waals surface area (Å²) in [5, 5.41) is 22.0. The van der Waals surface area contributed by atoms with Crippen molar-refractivity contribution in [2.45, 2.75) is 25.0 Å². The van der Waals surface area contributed by atoms with Gasteiger partial charge in [0, 0.05) is 25.8 Å². The average molecular weight is 252 g/mol. The van der Waals surface area contributed by atoms with E-state index in [1.54, 1.807) is 6.07 Å². The number of aliphatic hydroxyl groups is 1. The molecule has 2 rings (SSSR count). The van der Waals surface area contributed by atoms with Crippen molar-refractivity contribution >= 4 is 11.8 Å². The van der Waals surface area contributed by atoms with Crippen molar-refractivity contribution in [1.29, 1.82) is 0 Å². The van der Waals surface area contributed by atoms with Crippen molar-refractivity contribution in [3.63, 3.8) is 0 Å². The van der Waals surface area contributed by atoms with Gasteiger partial charge in [-0.25, -0.2) is 9.78 Å². The lowest BCUT2D eigenvalue weighted by atomic mass is 9.97. The van der Waals surface area contributed by atoms with E-state index >= 15 is 0 Å². The van der Waals surface area contributed by atoms with Crippen LogP contribution >= 0.6 is 0 Å². The highest BCUT2D eigenvalue weighted by Crippen LogP contribution is 2.25. The fourth-order valence-electron chi connectivity index (χ4n) is 1.87. The first-order chi connectivity index (χ1) is 8.51. The Bertz CT molecular complexity index is 434. The Morgan fingerprint density at radius 2 is 2.44 bits per heavy atom. The first kappa shape index (κ1) is 12.8. The molecule has 0 aliphatic carbocycles. The molecule has 18 heavy (non-hydrogen) atoms. The van der Waals surface area contributed by atoms with Crippen LogP contribution < -0.4 is 5.32 Å². The van der Waals surface area contributed by atoms with Crippen molar-refractivity contribution in [3.8, 4) is 0 Å². The van der Waals surface area contributed by atoms with Gasteiger partial charge >= 0.3 is 5.97 Å². The second-order valence-electron chi connectivity index (χ2n) is 4.46. The molecule has 0 aromatic carbocycles. The smallest absolute Gasteiger partial charge is 0.337 e. The normalized spacial score (nSPS) is 27.1. The van der Waals surface area contributed by atoms with Crippen molar-refractivity contribution in [1.82, 2.24) is 4.98 Å². The molecular formula is C12H16N2O4. The van der Waals surface area contributed by atoms with Crippen LogP contribution in [-0.2, 0) is 4.74 Å². The largest absolute Gasteiger partial charge is 0.478 e. The third-order valence-electron chi connectivity index (χ3n) is 3.25. The molecule has 0 radical (unpaired) electrons. The summed E-state index contributed by atoms with van der Waals surface area (Å²) in [7, 11) is 0. The number of aromatic carboxylic acids is 1. The summed E-state index contributed by atoms with van der Waals surface area (Å²) >= 11 is 0. The lowest BCUT2D eigenvalue weighted by Gasteiger charge is -2.26. The van der Waals surface area contributed by atoms with Crippen LogP contribution in [0.2, 0.25) is 0 Å². The number of hydrogen-bond donors (Lipinski definition) is 3. The Morgan fingerprint density at radius 1 is 1.67 bits per heavy atom. The van der Waals surface area contributed by atoms with E-state index in [-0.39, 0.29) is 11.7 Å². The third-order valence-corrected chi connectivity index (χ3v) is 3.25. The molecule has 0 saturated carbocycles. The Kier molecular flexibility index (Phi) is 3.49. The van der Waals surface area contributed by atoms with Gasteiger partial charge in [0.05, 0.1) is 11.7 Å². The predicted molar refractivity (Wildman–Crippen MR) is 64.7 cm³/mol. The number of pyridine rings is 1. The van der Waals surface area contributed by atoms with E-state index < -0.39 is 11.6 Å². The number of aromatic nitrogens is 1. The van der Waals surface area contributed by atoms with Gasteiger partial charge < -0.3 is 20.3 Å². The first-order valence-corrected chi connectivity index (χ1v) is 5.78. The number of rotatable bonds is 4. The molecular weight excluding hydrogens is 236 g/mol. The minimum atomic E-state index is -1.01. The average Bonchev–Trinajstić information content (AvgIpc) is 2.68. The fourth-order valence-corrected chi connectivity index (χ4v) is 1.87. The molecule has 1 aliphatic heterocycles. The maximum atomic E-state index is 10.7. The van der Waals surface area contributed by atoms with Gasteiger partial charge in [-0.15, -0.1) is 0 Å². The third kappa shape index (κ3) is 2.60. The summed E-state index contributed by atoms with van der Waals surface area (Å²) in [5.74, 6) is -0.474. The molecule has 0 amide bonds. The van der Waals surface area contributed by atoms with Crippen LogP contribution in [0.25, 0.3) is 0 Å². The summed E-state index contributed by atoms with van der Waals surface area (Å²) in [6, 6.07) is 3.05. The number of anilines is 1. The first-order valence-electron chi connectivity index (χ1n) is 5.78. The number of ether oxygens (including phenoxy) is 1. The van der Waals surface area contributed by atoms with Gasteiger partial charge in [0.25, 0.3) is 0 Å². The van der Waals surface area contributed by atoms with Gasteiger partial charge in [-0.2, -0.15) is 0 Å². The number of carboxylic acid groups (broad SMARTS) is 1. The molecule has 1 saturated heterocycles. The second kappa shape index (κ2) is 4.91. The van der Waals surface area contributed by atoms with Crippen LogP contribution in [0.4, 0.5) is 5.82 Å². The zero-order valence-electron chi connectivity index (χ0n) is 10.1. The molecule has 1 aromatic rings. The van der Waals surface area contributed by atoms with E-state index in [0.717, 1.165) is 0 Å². The van der Waals surface area contributed by atoms with Gasteiger partial charge in [0.1, 0.15) is 11.4 Å².